The van der Waals surface area contributed by atoms with Gasteiger partial charge in [-0.15, -0.1) is 0 Å². The normalized spacial score (nSPS) is 11.5. The van der Waals surface area contributed by atoms with Crippen molar-refractivity contribution in [1.82, 2.24) is 0 Å². The lowest BCUT2D eigenvalue weighted by molar-refractivity contribution is 0.669. The zero-order valence-corrected chi connectivity index (χ0v) is 33.9. The molecule has 0 atom stereocenters. The van der Waals surface area contributed by atoms with Gasteiger partial charge in [-0.25, -0.2) is 0 Å². The molecule has 12 rings (SSSR count). The molecule has 1 aromatic heterocycles. The minimum absolute atomic E-state index is 0.899. The minimum atomic E-state index is 0.899. The predicted molar refractivity (Wildman–Crippen MR) is 263 cm³/mol. The van der Waals surface area contributed by atoms with Gasteiger partial charge in [-0.2, -0.15) is 0 Å². The zero-order chi connectivity index (χ0) is 41.0. The number of fused-ring (bicyclic) bond motifs is 7. The van der Waals surface area contributed by atoms with E-state index in [1.54, 1.807) is 0 Å². The van der Waals surface area contributed by atoms with Gasteiger partial charge in [-0.1, -0.05) is 170 Å². The quantitative estimate of drug-likeness (QED) is 0.150. The van der Waals surface area contributed by atoms with Crippen LogP contribution in [0.4, 0.5) is 17.1 Å². The first-order chi connectivity index (χ1) is 30.7. The van der Waals surface area contributed by atoms with Crippen LogP contribution in [0.3, 0.4) is 0 Å². The average Bonchev–Trinajstić information content (AvgIpc) is 3.72. The van der Waals surface area contributed by atoms with Gasteiger partial charge in [-0.05, 0) is 144 Å². The molecule has 1 heterocycles. The molecule has 0 saturated carbocycles. The van der Waals surface area contributed by atoms with Crippen molar-refractivity contribution in [3.8, 4) is 44.5 Å². The molecular formula is C60H39NO. The number of furan rings is 1. The van der Waals surface area contributed by atoms with E-state index in [9.17, 15) is 0 Å². The number of rotatable bonds is 7. The molecule has 0 saturated heterocycles. The van der Waals surface area contributed by atoms with E-state index in [0.717, 1.165) is 50.1 Å². The fourth-order valence-corrected chi connectivity index (χ4v) is 9.31. The molecule has 62 heavy (non-hydrogen) atoms. The first-order valence-corrected chi connectivity index (χ1v) is 21.2. The molecule has 0 fully saturated rings. The number of nitrogens with zero attached hydrogens (tertiary/aromatic N) is 1. The molecule has 0 radical (unpaired) electrons. The van der Waals surface area contributed by atoms with Crippen LogP contribution in [0.1, 0.15) is 0 Å². The highest BCUT2D eigenvalue weighted by atomic mass is 16.3. The zero-order valence-electron chi connectivity index (χ0n) is 33.9. The van der Waals surface area contributed by atoms with E-state index in [2.05, 4.69) is 229 Å². The van der Waals surface area contributed by atoms with Crippen molar-refractivity contribution in [3.05, 3.63) is 237 Å². The molecule has 2 nitrogen and oxygen atoms in total. The largest absolute Gasteiger partial charge is 0.456 e. The summed E-state index contributed by atoms with van der Waals surface area (Å²) in [7, 11) is 0. The monoisotopic (exact) mass is 789 g/mol. The summed E-state index contributed by atoms with van der Waals surface area (Å²) < 4.78 is 6.27. The fraction of sp³-hybridized carbons (Fsp3) is 0. The highest BCUT2D eigenvalue weighted by Crippen LogP contribution is 2.41. The van der Waals surface area contributed by atoms with Crippen LogP contribution in [0.25, 0.3) is 98.8 Å². The van der Waals surface area contributed by atoms with Gasteiger partial charge in [0.15, 0.2) is 0 Å². The third-order valence-corrected chi connectivity index (χ3v) is 12.4. The molecule has 0 spiro atoms. The summed E-state index contributed by atoms with van der Waals surface area (Å²) >= 11 is 0. The van der Waals surface area contributed by atoms with Crippen LogP contribution in [-0.2, 0) is 0 Å². The van der Waals surface area contributed by atoms with Crippen LogP contribution < -0.4 is 4.90 Å². The van der Waals surface area contributed by atoms with Crippen LogP contribution in [0, 0.1) is 0 Å². The fourth-order valence-electron chi connectivity index (χ4n) is 9.31. The second kappa shape index (κ2) is 14.8. The lowest BCUT2D eigenvalue weighted by atomic mass is 9.94. The van der Waals surface area contributed by atoms with Gasteiger partial charge in [-0.3, -0.25) is 0 Å². The lowest BCUT2D eigenvalue weighted by Crippen LogP contribution is -2.10. The van der Waals surface area contributed by atoms with Crippen LogP contribution in [-0.4, -0.2) is 0 Å². The molecule has 0 aliphatic heterocycles. The Morgan fingerprint density at radius 3 is 1.58 bits per heavy atom. The van der Waals surface area contributed by atoms with Gasteiger partial charge in [0, 0.05) is 27.8 Å². The Morgan fingerprint density at radius 2 is 0.774 bits per heavy atom. The second-order valence-electron chi connectivity index (χ2n) is 16.1. The number of hydrogen-bond acceptors (Lipinski definition) is 2. The van der Waals surface area contributed by atoms with Crippen molar-refractivity contribution in [2.24, 2.45) is 0 Å². The van der Waals surface area contributed by atoms with E-state index < -0.39 is 0 Å². The molecule has 0 amide bonds. The van der Waals surface area contributed by atoms with E-state index >= 15 is 0 Å². The Balaban J connectivity index is 0.937. The molecule has 0 unspecified atom stereocenters. The Bertz CT molecular complexity index is 3630. The highest BCUT2D eigenvalue weighted by molar-refractivity contribution is 6.12. The topological polar surface area (TPSA) is 16.4 Å². The summed E-state index contributed by atoms with van der Waals surface area (Å²) in [5.41, 5.74) is 14.5. The van der Waals surface area contributed by atoms with E-state index in [1.165, 1.54) is 65.7 Å². The summed E-state index contributed by atoms with van der Waals surface area (Å²) in [5, 5.41) is 9.81. The Hall–Kier alpha value is -8.20. The van der Waals surface area contributed by atoms with Gasteiger partial charge in [0.05, 0.1) is 0 Å². The third kappa shape index (κ3) is 6.29. The van der Waals surface area contributed by atoms with Crippen molar-refractivity contribution >= 4 is 71.3 Å². The maximum Gasteiger partial charge on any atom is 0.136 e. The summed E-state index contributed by atoms with van der Waals surface area (Å²) in [4.78, 5) is 2.37. The van der Waals surface area contributed by atoms with Crippen molar-refractivity contribution in [3.63, 3.8) is 0 Å². The maximum absolute atomic E-state index is 6.27. The van der Waals surface area contributed by atoms with Crippen LogP contribution in [0.15, 0.2) is 241 Å². The summed E-state index contributed by atoms with van der Waals surface area (Å²) in [6.07, 6.45) is 0. The predicted octanol–water partition coefficient (Wildman–Crippen LogP) is 17.2. The lowest BCUT2D eigenvalue weighted by Gasteiger charge is -2.26. The van der Waals surface area contributed by atoms with Gasteiger partial charge in [0.25, 0.3) is 0 Å². The molecular weight excluding hydrogens is 751 g/mol. The first kappa shape index (κ1) is 35.7. The number of benzene rings is 11. The number of hydrogen-bond donors (Lipinski definition) is 0. The molecule has 12 aromatic rings. The van der Waals surface area contributed by atoms with Crippen molar-refractivity contribution < 1.29 is 4.42 Å². The smallest absolute Gasteiger partial charge is 0.136 e. The second-order valence-corrected chi connectivity index (χ2v) is 16.1. The molecule has 290 valence electrons. The van der Waals surface area contributed by atoms with Crippen molar-refractivity contribution in [2.75, 3.05) is 4.90 Å². The van der Waals surface area contributed by atoms with Gasteiger partial charge < -0.3 is 9.32 Å². The number of anilines is 3. The summed E-state index contributed by atoms with van der Waals surface area (Å²) in [6, 6.07) is 85.6. The summed E-state index contributed by atoms with van der Waals surface area (Å²) in [6.45, 7) is 0. The molecule has 2 heteroatoms. The van der Waals surface area contributed by atoms with Gasteiger partial charge >= 0.3 is 0 Å². The Kier molecular flexibility index (Phi) is 8.53. The van der Waals surface area contributed by atoms with Crippen LogP contribution in [0.5, 0.6) is 0 Å². The van der Waals surface area contributed by atoms with Gasteiger partial charge in [0.2, 0.25) is 0 Å². The SMILES string of the molecule is c1cc(-c2ccc(N(c3ccc(-c4ccc5c(c4)oc4ccccc45)cc3)c3cccc(-c4cccc5c4ccc4ccccc45)c3)cc2)cc(-c2ccc3ccccc3c2)c1. The van der Waals surface area contributed by atoms with E-state index in [4.69, 9.17) is 4.42 Å². The number of para-hydroxylation sites is 1. The molecule has 0 N–H and O–H groups in total. The molecule has 0 bridgehead atoms. The highest BCUT2D eigenvalue weighted by Gasteiger charge is 2.16. The van der Waals surface area contributed by atoms with E-state index in [1.807, 2.05) is 12.1 Å². The van der Waals surface area contributed by atoms with E-state index in [0.29, 0.717) is 0 Å². The van der Waals surface area contributed by atoms with Crippen molar-refractivity contribution in [1.29, 1.82) is 0 Å². The Morgan fingerprint density at radius 1 is 0.242 bits per heavy atom. The minimum Gasteiger partial charge on any atom is -0.456 e. The standard InChI is InChI=1S/C60H39NO/c1-2-12-44-37-47(23-22-40(44)10-1)46-14-7-13-45(36-46)41-24-30-50(31-25-41)61(51-32-26-42(27-33-51)48-29-35-58-57-18-5-6-21-59(57)62-60(58)39-48)52-16-8-15-49(38-52)54-19-9-20-55-53-17-4-3-11-43(53)28-34-56(54)55/h1-39H. The molecule has 0 aliphatic carbocycles. The summed E-state index contributed by atoms with van der Waals surface area (Å²) in [5.74, 6) is 0. The van der Waals surface area contributed by atoms with E-state index in [-0.39, 0.29) is 0 Å². The Labute approximate surface area is 360 Å². The van der Waals surface area contributed by atoms with Gasteiger partial charge in [0.1, 0.15) is 11.2 Å². The molecule has 11 aromatic carbocycles. The molecule has 0 aliphatic rings. The third-order valence-electron chi connectivity index (χ3n) is 12.4. The van der Waals surface area contributed by atoms with Crippen LogP contribution in [0.2, 0.25) is 0 Å². The van der Waals surface area contributed by atoms with Crippen LogP contribution >= 0.6 is 0 Å². The first-order valence-electron chi connectivity index (χ1n) is 21.2. The average molecular weight is 790 g/mol. The van der Waals surface area contributed by atoms with Crippen molar-refractivity contribution in [2.45, 2.75) is 0 Å². The maximum atomic E-state index is 6.27.